The molecular formula is C8H18N4. The standard InChI is InChI=1S/C8H18N4/c1-5-8(10-7-9)12(6-2)11(3)4/h8-9H,5-6H2,1-4H3. The highest BCUT2D eigenvalue weighted by molar-refractivity contribution is 5.36. The fraction of sp³-hybridized carbons (Fsp3) is 0.875. The molecule has 0 aliphatic carbocycles. The topological polar surface area (TPSA) is 42.7 Å². The van der Waals surface area contributed by atoms with Crippen LogP contribution < -0.4 is 0 Å². The van der Waals surface area contributed by atoms with Crippen LogP contribution in [0.5, 0.6) is 0 Å². The van der Waals surface area contributed by atoms with E-state index in [1.807, 2.05) is 19.1 Å². The van der Waals surface area contributed by atoms with Crippen molar-refractivity contribution in [3.05, 3.63) is 0 Å². The Morgan fingerprint density at radius 3 is 2.25 bits per heavy atom. The maximum Gasteiger partial charge on any atom is 0.125 e. The van der Waals surface area contributed by atoms with Crippen LogP contribution in [0, 0.1) is 5.41 Å². The van der Waals surface area contributed by atoms with Crippen LogP contribution in [0.3, 0.4) is 0 Å². The maximum atomic E-state index is 6.78. The van der Waals surface area contributed by atoms with E-state index in [0.29, 0.717) is 0 Å². The molecule has 0 aromatic heterocycles. The molecule has 0 radical (unpaired) electrons. The summed E-state index contributed by atoms with van der Waals surface area (Å²) in [6.45, 7) is 5.02. The van der Waals surface area contributed by atoms with Crippen LogP contribution in [0.15, 0.2) is 4.99 Å². The van der Waals surface area contributed by atoms with Gasteiger partial charge < -0.3 is 0 Å². The van der Waals surface area contributed by atoms with Gasteiger partial charge in [-0.15, -0.1) is 0 Å². The van der Waals surface area contributed by atoms with Crippen molar-refractivity contribution in [1.82, 2.24) is 10.0 Å². The summed E-state index contributed by atoms with van der Waals surface area (Å²) < 4.78 is 0. The fourth-order valence-corrected chi connectivity index (χ4v) is 1.20. The van der Waals surface area contributed by atoms with Crippen LogP contribution in [0.25, 0.3) is 0 Å². The number of nitrogens with zero attached hydrogens (tertiary/aromatic N) is 3. The molecule has 4 nitrogen and oxygen atoms in total. The molecule has 0 aromatic rings. The first-order valence-corrected chi connectivity index (χ1v) is 4.22. The lowest BCUT2D eigenvalue weighted by molar-refractivity contribution is -0.0112. The first-order chi connectivity index (χ1) is 5.67. The Balaban J connectivity index is 4.32. The van der Waals surface area contributed by atoms with E-state index in [0.717, 1.165) is 13.0 Å². The van der Waals surface area contributed by atoms with Gasteiger partial charge in [0.1, 0.15) is 6.17 Å². The summed E-state index contributed by atoms with van der Waals surface area (Å²) in [5.41, 5.74) is 0. The summed E-state index contributed by atoms with van der Waals surface area (Å²) in [5.74, 6) is 0. The van der Waals surface area contributed by atoms with Gasteiger partial charge in [-0.05, 0) is 6.42 Å². The van der Waals surface area contributed by atoms with Crippen LogP contribution in [0.4, 0.5) is 0 Å². The predicted octanol–water partition coefficient (Wildman–Crippen LogP) is 1.27. The van der Waals surface area contributed by atoms with Gasteiger partial charge in [-0.3, -0.25) is 0 Å². The Morgan fingerprint density at radius 1 is 1.42 bits per heavy atom. The van der Waals surface area contributed by atoms with Crippen molar-refractivity contribution in [1.29, 1.82) is 5.41 Å². The van der Waals surface area contributed by atoms with Crippen LogP contribution in [0.1, 0.15) is 20.3 Å². The molecule has 0 bridgehead atoms. The second-order valence-electron chi connectivity index (χ2n) is 2.73. The second-order valence-corrected chi connectivity index (χ2v) is 2.73. The average molecular weight is 170 g/mol. The van der Waals surface area contributed by atoms with E-state index < -0.39 is 0 Å². The second kappa shape index (κ2) is 5.89. The third-order valence-electron chi connectivity index (χ3n) is 1.76. The van der Waals surface area contributed by atoms with Gasteiger partial charge in [-0.25, -0.2) is 20.4 Å². The largest absolute Gasteiger partial charge is 0.246 e. The van der Waals surface area contributed by atoms with Crippen molar-refractivity contribution in [2.45, 2.75) is 26.4 Å². The monoisotopic (exact) mass is 170 g/mol. The zero-order chi connectivity index (χ0) is 9.56. The van der Waals surface area contributed by atoms with Crippen molar-refractivity contribution in [2.75, 3.05) is 20.6 Å². The van der Waals surface area contributed by atoms with Crippen LogP contribution in [-0.2, 0) is 0 Å². The molecule has 0 rings (SSSR count). The van der Waals surface area contributed by atoms with E-state index in [1.54, 1.807) is 0 Å². The number of nitrogens with one attached hydrogen (secondary N) is 1. The van der Waals surface area contributed by atoms with Gasteiger partial charge >= 0.3 is 0 Å². The minimum absolute atomic E-state index is 0.0579. The highest BCUT2D eigenvalue weighted by Gasteiger charge is 2.14. The number of hydrazine groups is 1. The lowest BCUT2D eigenvalue weighted by Crippen LogP contribution is -2.43. The number of hydrogen-bond donors (Lipinski definition) is 1. The molecule has 0 aliphatic heterocycles. The lowest BCUT2D eigenvalue weighted by Gasteiger charge is -2.31. The fourth-order valence-electron chi connectivity index (χ4n) is 1.20. The van der Waals surface area contributed by atoms with E-state index >= 15 is 0 Å². The first kappa shape index (κ1) is 11.3. The number of hydrogen-bond acceptors (Lipinski definition) is 4. The van der Waals surface area contributed by atoms with E-state index in [-0.39, 0.29) is 6.17 Å². The molecule has 1 N–H and O–H groups in total. The quantitative estimate of drug-likeness (QED) is 0.499. The van der Waals surface area contributed by atoms with Crippen LogP contribution >= 0.6 is 0 Å². The molecular weight excluding hydrogens is 152 g/mol. The summed E-state index contributed by atoms with van der Waals surface area (Å²) >= 11 is 0. The van der Waals surface area contributed by atoms with Crippen LogP contribution in [-0.4, -0.2) is 42.8 Å². The third kappa shape index (κ3) is 3.13. The maximum absolute atomic E-state index is 6.78. The Hall–Kier alpha value is -0.700. The van der Waals surface area contributed by atoms with Gasteiger partial charge in [-0.2, -0.15) is 0 Å². The van der Waals surface area contributed by atoms with Crippen LogP contribution in [0.2, 0.25) is 0 Å². The number of aliphatic imine (C=N–C) groups is 1. The molecule has 0 aliphatic rings. The lowest BCUT2D eigenvalue weighted by atomic mass is 10.3. The van der Waals surface area contributed by atoms with Gasteiger partial charge in [0.25, 0.3) is 0 Å². The van der Waals surface area contributed by atoms with Crippen molar-refractivity contribution in [3.63, 3.8) is 0 Å². The Morgan fingerprint density at radius 2 is 2.00 bits per heavy atom. The third-order valence-corrected chi connectivity index (χ3v) is 1.76. The molecule has 70 valence electrons. The molecule has 0 heterocycles. The minimum Gasteiger partial charge on any atom is -0.246 e. The van der Waals surface area contributed by atoms with E-state index in [4.69, 9.17) is 5.41 Å². The predicted molar refractivity (Wildman–Crippen MR) is 50.3 cm³/mol. The minimum atomic E-state index is 0.0579. The molecule has 0 fully saturated rings. The number of rotatable bonds is 5. The SMILES string of the molecule is CCC(N=C=N)N(CC)N(C)C. The molecule has 0 aromatic carbocycles. The van der Waals surface area contributed by atoms with E-state index in [2.05, 4.69) is 29.9 Å². The molecule has 1 atom stereocenters. The Labute approximate surface area is 74.4 Å². The zero-order valence-corrected chi connectivity index (χ0v) is 8.33. The van der Waals surface area contributed by atoms with E-state index in [9.17, 15) is 0 Å². The summed E-state index contributed by atoms with van der Waals surface area (Å²) in [7, 11) is 3.96. The normalized spacial score (nSPS) is 13.2. The van der Waals surface area contributed by atoms with Gasteiger partial charge in [-0.1, -0.05) is 13.8 Å². The van der Waals surface area contributed by atoms with Crippen molar-refractivity contribution >= 4 is 6.01 Å². The van der Waals surface area contributed by atoms with Crippen molar-refractivity contribution in [2.24, 2.45) is 4.99 Å². The molecule has 4 heteroatoms. The Bertz CT molecular complexity index is 160. The molecule has 0 amide bonds. The molecule has 0 spiro atoms. The molecule has 0 saturated heterocycles. The van der Waals surface area contributed by atoms with Gasteiger partial charge in [0.15, 0.2) is 0 Å². The highest BCUT2D eigenvalue weighted by Crippen LogP contribution is 2.05. The first-order valence-electron chi connectivity index (χ1n) is 4.22. The van der Waals surface area contributed by atoms with Gasteiger partial charge in [0.2, 0.25) is 0 Å². The summed E-state index contributed by atoms with van der Waals surface area (Å²) in [4.78, 5) is 3.94. The molecule has 0 saturated carbocycles. The van der Waals surface area contributed by atoms with E-state index in [1.165, 1.54) is 0 Å². The summed E-state index contributed by atoms with van der Waals surface area (Å²) in [5, 5.41) is 10.9. The zero-order valence-electron chi connectivity index (χ0n) is 8.33. The summed E-state index contributed by atoms with van der Waals surface area (Å²) in [6, 6.07) is 2.10. The average Bonchev–Trinajstić information content (AvgIpc) is 2.03. The van der Waals surface area contributed by atoms with Crippen molar-refractivity contribution < 1.29 is 0 Å². The van der Waals surface area contributed by atoms with Crippen molar-refractivity contribution in [3.8, 4) is 0 Å². The van der Waals surface area contributed by atoms with Gasteiger partial charge in [0.05, 0.1) is 6.01 Å². The Kier molecular flexibility index (Phi) is 5.54. The highest BCUT2D eigenvalue weighted by atomic mass is 15.6. The smallest absolute Gasteiger partial charge is 0.125 e. The summed E-state index contributed by atoms with van der Waals surface area (Å²) in [6.07, 6.45) is 0.959. The van der Waals surface area contributed by atoms with Gasteiger partial charge in [0, 0.05) is 20.6 Å². The molecule has 12 heavy (non-hydrogen) atoms. The molecule has 1 unspecified atom stereocenters.